The Morgan fingerprint density at radius 2 is 1.67 bits per heavy atom. The molecule has 3 rings (SSSR count). The van der Waals surface area contributed by atoms with Crippen molar-refractivity contribution in [3.05, 3.63) is 62.2 Å². The van der Waals surface area contributed by atoms with Crippen LogP contribution in [0.25, 0.3) is 0 Å². The van der Waals surface area contributed by atoms with E-state index in [1.165, 1.54) is 22.9 Å². The molecule has 0 unspecified atom stereocenters. The van der Waals surface area contributed by atoms with E-state index in [0.717, 1.165) is 6.07 Å². The van der Waals surface area contributed by atoms with Gasteiger partial charge >= 0.3 is 5.97 Å². The van der Waals surface area contributed by atoms with Gasteiger partial charge in [-0.3, -0.25) is 10.1 Å². The molecule has 1 saturated heterocycles. The first kappa shape index (κ1) is 19.0. The molecule has 0 radical (unpaired) electrons. The van der Waals surface area contributed by atoms with Crippen LogP contribution < -0.4 is 9.80 Å². The number of nitro benzene ring substituents is 1. The van der Waals surface area contributed by atoms with Gasteiger partial charge in [0.1, 0.15) is 5.69 Å². The number of aryl methyl sites for hydroxylation is 2. The zero-order valence-corrected chi connectivity index (χ0v) is 15.9. The second kappa shape index (κ2) is 7.44. The lowest BCUT2D eigenvalue weighted by Gasteiger charge is -2.38. The fourth-order valence-corrected chi connectivity index (χ4v) is 3.60. The Bertz CT molecular complexity index is 908. The molecule has 1 fully saturated rings. The van der Waals surface area contributed by atoms with Crippen molar-refractivity contribution in [2.75, 3.05) is 36.0 Å². The Balaban J connectivity index is 1.85. The van der Waals surface area contributed by atoms with E-state index in [1.54, 1.807) is 0 Å². The van der Waals surface area contributed by atoms with E-state index in [1.807, 2.05) is 4.90 Å². The lowest BCUT2D eigenvalue weighted by Crippen LogP contribution is -2.47. The van der Waals surface area contributed by atoms with Gasteiger partial charge in [-0.15, -0.1) is 0 Å². The van der Waals surface area contributed by atoms with Crippen molar-refractivity contribution in [2.45, 2.75) is 13.8 Å². The van der Waals surface area contributed by atoms with Gasteiger partial charge in [-0.1, -0.05) is 23.7 Å². The molecule has 142 valence electrons. The topological polar surface area (TPSA) is 86.9 Å². The fourth-order valence-electron chi connectivity index (χ4n) is 3.36. The van der Waals surface area contributed by atoms with Gasteiger partial charge in [0.25, 0.3) is 5.69 Å². The number of rotatable bonds is 4. The van der Waals surface area contributed by atoms with E-state index in [2.05, 4.69) is 36.9 Å². The molecule has 1 N–H and O–H groups in total. The van der Waals surface area contributed by atoms with Crippen LogP contribution in [0.15, 0.2) is 30.3 Å². The first-order valence-corrected chi connectivity index (χ1v) is 8.94. The van der Waals surface area contributed by atoms with E-state index in [0.29, 0.717) is 31.9 Å². The highest BCUT2D eigenvalue weighted by Crippen LogP contribution is 2.35. The standard InChI is InChI=1S/C19H20ClN3O4/c1-12-3-4-13(2)16(9-12)21-5-7-22(8-6-21)17-11-15(20)14(19(24)25)10-18(17)23(26)27/h3-4,9-11H,5-8H2,1-2H3,(H,24,25). The first-order valence-electron chi connectivity index (χ1n) is 8.56. The average molecular weight is 390 g/mol. The van der Waals surface area contributed by atoms with Gasteiger partial charge in [-0.2, -0.15) is 0 Å². The van der Waals surface area contributed by atoms with Gasteiger partial charge in [0, 0.05) is 37.9 Å². The number of anilines is 2. The molecule has 2 aromatic rings. The van der Waals surface area contributed by atoms with Crippen molar-refractivity contribution in [3.63, 3.8) is 0 Å². The van der Waals surface area contributed by atoms with Gasteiger partial charge < -0.3 is 14.9 Å². The van der Waals surface area contributed by atoms with Crippen LogP contribution in [0.5, 0.6) is 0 Å². The number of benzene rings is 2. The molecule has 1 heterocycles. The van der Waals surface area contributed by atoms with Crippen molar-refractivity contribution in [3.8, 4) is 0 Å². The summed E-state index contributed by atoms with van der Waals surface area (Å²) in [5, 5.41) is 20.6. The quantitative estimate of drug-likeness (QED) is 0.630. The third-order valence-electron chi connectivity index (χ3n) is 4.82. The highest BCUT2D eigenvalue weighted by atomic mass is 35.5. The third-order valence-corrected chi connectivity index (χ3v) is 5.13. The number of nitro groups is 1. The maximum absolute atomic E-state index is 11.5. The maximum atomic E-state index is 11.5. The predicted octanol–water partition coefficient (Wildman–Crippen LogP) is 3.89. The van der Waals surface area contributed by atoms with Crippen LogP contribution in [0.4, 0.5) is 17.1 Å². The molecule has 1 aliphatic rings. The van der Waals surface area contributed by atoms with E-state index < -0.39 is 10.9 Å². The Labute approximate surface area is 161 Å². The molecule has 0 amide bonds. The summed E-state index contributed by atoms with van der Waals surface area (Å²) in [5.74, 6) is -1.28. The summed E-state index contributed by atoms with van der Waals surface area (Å²) in [4.78, 5) is 26.3. The predicted molar refractivity (Wildman–Crippen MR) is 105 cm³/mol. The van der Waals surface area contributed by atoms with Crippen molar-refractivity contribution >= 4 is 34.6 Å². The van der Waals surface area contributed by atoms with Crippen LogP contribution in [-0.4, -0.2) is 42.2 Å². The van der Waals surface area contributed by atoms with E-state index in [9.17, 15) is 14.9 Å². The number of hydrogen-bond donors (Lipinski definition) is 1. The van der Waals surface area contributed by atoms with Gasteiger partial charge in [-0.05, 0) is 37.1 Å². The largest absolute Gasteiger partial charge is 0.478 e. The molecule has 7 nitrogen and oxygen atoms in total. The van der Waals surface area contributed by atoms with Crippen LogP contribution in [0.2, 0.25) is 5.02 Å². The molecule has 0 aromatic heterocycles. The number of piperazine rings is 1. The molecule has 0 bridgehead atoms. The van der Waals surface area contributed by atoms with Crippen LogP contribution >= 0.6 is 11.6 Å². The fraction of sp³-hybridized carbons (Fsp3) is 0.316. The van der Waals surface area contributed by atoms with Crippen molar-refractivity contribution in [1.29, 1.82) is 0 Å². The summed E-state index contributed by atoms with van der Waals surface area (Å²) in [5.41, 5.74) is 3.40. The molecular weight excluding hydrogens is 370 g/mol. The lowest BCUT2D eigenvalue weighted by molar-refractivity contribution is -0.384. The van der Waals surface area contributed by atoms with Crippen LogP contribution in [-0.2, 0) is 0 Å². The number of hydrogen-bond acceptors (Lipinski definition) is 5. The van der Waals surface area contributed by atoms with Crippen molar-refractivity contribution in [1.82, 2.24) is 0 Å². The zero-order chi connectivity index (χ0) is 19.7. The first-order chi connectivity index (χ1) is 12.8. The molecule has 8 heteroatoms. The van der Waals surface area contributed by atoms with Gasteiger partial charge in [0.05, 0.1) is 15.5 Å². The van der Waals surface area contributed by atoms with Crippen molar-refractivity contribution < 1.29 is 14.8 Å². The Kier molecular flexibility index (Phi) is 5.23. The van der Waals surface area contributed by atoms with Crippen LogP contribution in [0.1, 0.15) is 21.5 Å². The molecule has 0 atom stereocenters. The average Bonchev–Trinajstić information content (AvgIpc) is 2.63. The number of carbonyl (C=O) groups is 1. The van der Waals surface area contributed by atoms with Crippen LogP contribution in [0.3, 0.4) is 0 Å². The summed E-state index contributed by atoms with van der Waals surface area (Å²) in [6.45, 7) is 6.69. The second-order valence-electron chi connectivity index (χ2n) is 6.65. The highest BCUT2D eigenvalue weighted by molar-refractivity contribution is 6.34. The van der Waals surface area contributed by atoms with E-state index >= 15 is 0 Å². The van der Waals surface area contributed by atoms with Gasteiger partial charge in [0.2, 0.25) is 0 Å². The third kappa shape index (κ3) is 3.83. The number of aromatic carboxylic acids is 1. The maximum Gasteiger partial charge on any atom is 0.337 e. The molecule has 0 spiro atoms. The second-order valence-corrected chi connectivity index (χ2v) is 7.05. The Hall–Kier alpha value is -2.80. The van der Waals surface area contributed by atoms with E-state index in [-0.39, 0.29) is 16.3 Å². The smallest absolute Gasteiger partial charge is 0.337 e. The van der Waals surface area contributed by atoms with Crippen LogP contribution in [0, 0.1) is 24.0 Å². The monoisotopic (exact) mass is 389 g/mol. The molecule has 1 aliphatic heterocycles. The van der Waals surface area contributed by atoms with E-state index in [4.69, 9.17) is 16.7 Å². The molecule has 0 aliphatic carbocycles. The number of halogens is 1. The summed E-state index contributed by atoms with van der Waals surface area (Å²) in [6.07, 6.45) is 0. The van der Waals surface area contributed by atoms with Crippen molar-refractivity contribution in [2.24, 2.45) is 0 Å². The summed E-state index contributed by atoms with van der Waals surface area (Å²) in [7, 11) is 0. The summed E-state index contributed by atoms with van der Waals surface area (Å²) in [6, 6.07) is 8.73. The Morgan fingerprint density at radius 3 is 2.22 bits per heavy atom. The molecule has 27 heavy (non-hydrogen) atoms. The SMILES string of the molecule is Cc1ccc(C)c(N2CCN(c3cc(Cl)c(C(=O)O)cc3[N+](=O)[O-])CC2)c1. The molecular formula is C19H20ClN3O4. The minimum Gasteiger partial charge on any atom is -0.478 e. The Morgan fingerprint density at radius 1 is 1.07 bits per heavy atom. The molecule has 2 aromatic carbocycles. The normalized spacial score (nSPS) is 14.3. The number of nitrogens with zero attached hydrogens (tertiary/aromatic N) is 3. The minimum absolute atomic E-state index is 0.0000539. The highest BCUT2D eigenvalue weighted by Gasteiger charge is 2.27. The summed E-state index contributed by atoms with van der Waals surface area (Å²) < 4.78 is 0. The lowest BCUT2D eigenvalue weighted by atomic mass is 10.1. The summed E-state index contributed by atoms with van der Waals surface area (Å²) >= 11 is 6.04. The zero-order valence-electron chi connectivity index (χ0n) is 15.1. The number of carboxylic acids is 1. The number of carboxylic acid groups (broad SMARTS) is 1. The van der Waals surface area contributed by atoms with Gasteiger partial charge in [-0.25, -0.2) is 4.79 Å². The molecule has 0 saturated carbocycles. The minimum atomic E-state index is -1.28. The van der Waals surface area contributed by atoms with Gasteiger partial charge in [0.15, 0.2) is 0 Å².